The van der Waals surface area contributed by atoms with Gasteiger partial charge >= 0.3 is 18.3 Å². The van der Waals surface area contributed by atoms with Crippen LogP contribution in [0.1, 0.15) is 24.2 Å². The number of hydrogen-bond acceptors (Lipinski definition) is 3. The van der Waals surface area contributed by atoms with Gasteiger partial charge in [-0.05, 0) is 50.2 Å². The number of esters is 1. The minimum Gasteiger partial charge on any atom is -0.452 e. The maximum absolute atomic E-state index is 13.4. The van der Waals surface area contributed by atoms with Gasteiger partial charge in [-0.1, -0.05) is 30.3 Å². The van der Waals surface area contributed by atoms with E-state index >= 15 is 0 Å². The number of fused-ring (bicyclic) bond motifs is 3. The van der Waals surface area contributed by atoms with Crippen LogP contribution >= 0.6 is 10.5 Å². The summed E-state index contributed by atoms with van der Waals surface area (Å²) >= 11 is 0. The largest absolute Gasteiger partial charge is 0.452 e. The molecule has 1 heterocycles. The minimum atomic E-state index is -6.14. The highest BCUT2D eigenvalue weighted by Gasteiger charge is 2.78. The fourth-order valence-electron chi connectivity index (χ4n) is 4.04. The third kappa shape index (κ3) is 3.94. The fourth-order valence-corrected chi connectivity index (χ4v) is 6.47. The molecule has 0 fully saturated rings. The second kappa shape index (κ2) is 8.23. The predicted octanol–water partition coefficient (Wildman–Crippen LogP) is 7.52. The molecule has 0 aliphatic rings. The lowest BCUT2D eigenvalue weighted by atomic mass is 9.84. The monoisotopic (exact) mass is 513 g/mol. The Kier molecular flexibility index (Phi) is 5.88. The van der Waals surface area contributed by atoms with Gasteiger partial charge in [0.25, 0.3) is 5.60 Å². The van der Waals surface area contributed by atoms with Crippen molar-refractivity contribution in [3.8, 4) is 4.90 Å². The van der Waals surface area contributed by atoms with Crippen molar-refractivity contribution in [2.45, 2.75) is 37.4 Å². The summed E-state index contributed by atoms with van der Waals surface area (Å²) in [5.41, 5.74) is -8.88. The Labute approximate surface area is 198 Å². The van der Waals surface area contributed by atoms with E-state index in [-0.39, 0.29) is 5.56 Å². The lowest BCUT2D eigenvalue weighted by Gasteiger charge is -2.43. The SMILES string of the molecule is CC(C)(OC(=O)c1ccc2c3ccccc3[s+](-c3ccccc3)c2c1)C(O)(C(F)(F)F)C(F)(F)F. The molecule has 0 saturated heterocycles. The van der Waals surface area contributed by atoms with E-state index in [9.17, 15) is 36.2 Å². The van der Waals surface area contributed by atoms with Gasteiger partial charge in [-0.2, -0.15) is 26.3 Å². The molecule has 0 radical (unpaired) electrons. The quantitative estimate of drug-likeness (QED) is 0.174. The summed E-state index contributed by atoms with van der Waals surface area (Å²) in [6.07, 6.45) is -12.3. The molecule has 10 heteroatoms. The summed E-state index contributed by atoms with van der Waals surface area (Å²) in [7, 11) is -0.653. The normalized spacial score (nSPS) is 13.9. The van der Waals surface area contributed by atoms with Gasteiger partial charge in [-0.15, -0.1) is 0 Å². The van der Waals surface area contributed by atoms with Gasteiger partial charge in [0.2, 0.25) is 0 Å². The third-order valence-electron chi connectivity index (χ3n) is 5.85. The van der Waals surface area contributed by atoms with Gasteiger partial charge in [0.1, 0.15) is 0 Å². The summed E-state index contributed by atoms with van der Waals surface area (Å²) in [6, 6.07) is 21.2. The van der Waals surface area contributed by atoms with E-state index in [1.807, 2.05) is 54.6 Å². The summed E-state index contributed by atoms with van der Waals surface area (Å²) < 4.78 is 86.5. The van der Waals surface area contributed by atoms with Crippen LogP contribution in [0.25, 0.3) is 25.1 Å². The summed E-state index contributed by atoms with van der Waals surface area (Å²) in [5.74, 6) is -1.42. The first-order chi connectivity index (χ1) is 16.2. The maximum Gasteiger partial charge on any atom is 0.430 e. The number of alkyl halides is 6. The van der Waals surface area contributed by atoms with Crippen LogP contribution in [0, 0.1) is 0 Å². The van der Waals surface area contributed by atoms with Gasteiger partial charge in [-0.25, -0.2) is 4.79 Å². The molecule has 0 spiro atoms. The first kappa shape index (κ1) is 25.0. The van der Waals surface area contributed by atoms with E-state index in [1.54, 1.807) is 6.07 Å². The Balaban J connectivity index is 1.83. The number of carbonyl (C=O) groups excluding carboxylic acids is 1. The molecular weight excluding hydrogens is 494 g/mol. The highest BCUT2D eigenvalue weighted by molar-refractivity contribution is 7.50. The van der Waals surface area contributed by atoms with Crippen molar-refractivity contribution in [3.63, 3.8) is 0 Å². The molecule has 0 aliphatic carbocycles. The number of ether oxygens (including phenoxy) is 1. The average Bonchev–Trinajstić information content (AvgIpc) is 3.11. The van der Waals surface area contributed by atoms with Crippen molar-refractivity contribution in [1.29, 1.82) is 0 Å². The maximum atomic E-state index is 13.4. The Morgan fingerprint density at radius 2 is 1.31 bits per heavy atom. The molecule has 0 amide bonds. The Hall–Kier alpha value is -3.11. The van der Waals surface area contributed by atoms with E-state index in [1.165, 1.54) is 12.1 Å². The van der Waals surface area contributed by atoms with Crippen molar-refractivity contribution < 1.29 is 41.0 Å². The minimum absolute atomic E-state index is 0.232. The fraction of sp³-hybridized carbons (Fsp3) is 0.240. The summed E-state index contributed by atoms with van der Waals surface area (Å²) in [6.45, 7) is 0.757. The number of aliphatic hydroxyl groups is 1. The van der Waals surface area contributed by atoms with E-state index in [4.69, 9.17) is 4.74 Å². The smallest absolute Gasteiger partial charge is 0.430 e. The molecule has 1 unspecified atom stereocenters. The number of halogens is 6. The van der Waals surface area contributed by atoms with Crippen LogP contribution in [0.2, 0.25) is 0 Å². The molecule has 1 N–H and O–H groups in total. The third-order valence-corrected chi connectivity index (χ3v) is 8.17. The molecule has 1 atom stereocenters. The Morgan fingerprint density at radius 1 is 0.771 bits per heavy atom. The Bertz CT molecular complexity index is 1390. The van der Waals surface area contributed by atoms with Gasteiger partial charge in [0.05, 0.1) is 5.56 Å². The number of benzene rings is 3. The standard InChI is InChI=1S/C25H19F6O3S/c1-22(2,23(33,24(26,27)28)25(29,30)31)34-21(32)15-12-13-18-17-10-6-7-11-19(17)35(20(18)14-15)16-8-4-3-5-9-16/h3-14,33H,1-2H3/q+1. The van der Waals surface area contributed by atoms with Crippen LogP contribution in [0.4, 0.5) is 26.3 Å². The second-order valence-electron chi connectivity index (χ2n) is 8.43. The summed E-state index contributed by atoms with van der Waals surface area (Å²) in [4.78, 5) is 13.7. The van der Waals surface area contributed by atoms with Crippen molar-refractivity contribution in [2.75, 3.05) is 0 Å². The van der Waals surface area contributed by atoms with Crippen LogP contribution in [-0.2, 0) is 4.74 Å². The van der Waals surface area contributed by atoms with Gasteiger partial charge in [0.15, 0.2) is 19.9 Å². The molecule has 0 aliphatic heterocycles. The molecule has 35 heavy (non-hydrogen) atoms. The average molecular weight is 513 g/mol. The van der Waals surface area contributed by atoms with E-state index < -0.39 is 40.0 Å². The van der Waals surface area contributed by atoms with E-state index in [2.05, 4.69) is 0 Å². The van der Waals surface area contributed by atoms with Crippen LogP contribution in [0.5, 0.6) is 0 Å². The first-order valence-corrected chi connectivity index (χ1v) is 11.5. The van der Waals surface area contributed by atoms with Crippen LogP contribution in [0.15, 0.2) is 72.8 Å². The van der Waals surface area contributed by atoms with Gasteiger partial charge < -0.3 is 9.84 Å². The first-order valence-electron chi connectivity index (χ1n) is 10.3. The Morgan fingerprint density at radius 3 is 1.91 bits per heavy atom. The topological polar surface area (TPSA) is 46.5 Å². The number of rotatable bonds is 4. The molecule has 0 bridgehead atoms. The lowest BCUT2D eigenvalue weighted by Crippen LogP contribution is -2.69. The van der Waals surface area contributed by atoms with Crippen LogP contribution < -0.4 is 0 Å². The lowest BCUT2D eigenvalue weighted by molar-refractivity contribution is -0.406. The molecule has 3 aromatic carbocycles. The zero-order valence-corrected chi connectivity index (χ0v) is 19.2. The molecule has 1 aromatic heterocycles. The molecule has 4 aromatic rings. The van der Waals surface area contributed by atoms with Crippen molar-refractivity contribution in [3.05, 3.63) is 78.4 Å². The van der Waals surface area contributed by atoms with Crippen LogP contribution in [-0.4, -0.2) is 34.6 Å². The van der Waals surface area contributed by atoms with Crippen molar-refractivity contribution in [2.24, 2.45) is 0 Å². The molecule has 4 rings (SSSR count). The molecule has 0 saturated carbocycles. The van der Waals surface area contributed by atoms with Gasteiger partial charge in [0, 0.05) is 27.3 Å². The second-order valence-corrected chi connectivity index (χ2v) is 10.4. The van der Waals surface area contributed by atoms with Crippen molar-refractivity contribution >= 4 is 36.6 Å². The number of carbonyl (C=O) groups is 1. The zero-order chi connectivity index (χ0) is 25.8. The van der Waals surface area contributed by atoms with Crippen LogP contribution in [0.3, 0.4) is 0 Å². The molecular formula is C25H19F6O3S+. The highest BCUT2D eigenvalue weighted by Crippen LogP contribution is 2.51. The number of hydrogen-bond donors (Lipinski definition) is 1. The summed E-state index contributed by atoms with van der Waals surface area (Å²) in [5, 5.41) is 11.5. The van der Waals surface area contributed by atoms with Crippen molar-refractivity contribution in [1.82, 2.24) is 0 Å². The molecule has 184 valence electrons. The predicted molar refractivity (Wildman–Crippen MR) is 122 cm³/mol. The zero-order valence-electron chi connectivity index (χ0n) is 18.4. The highest BCUT2D eigenvalue weighted by atomic mass is 32.2. The van der Waals surface area contributed by atoms with E-state index in [0.29, 0.717) is 18.5 Å². The number of thiophene rings is 1. The van der Waals surface area contributed by atoms with Gasteiger partial charge in [-0.3, -0.25) is 0 Å². The molecule has 3 nitrogen and oxygen atoms in total. The van der Waals surface area contributed by atoms with E-state index in [0.717, 1.165) is 20.4 Å².